The molecule has 0 aromatic carbocycles. The van der Waals surface area contributed by atoms with Crippen molar-refractivity contribution >= 4 is 30.3 Å². The van der Waals surface area contributed by atoms with Crippen LogP contribution in [0.3, 0.4) is 0 Å². The third-order valence-electron chi connectivity index (χ3n) is 2.21. The van der Waals surface area contributed by atoms with E-state index in [1.165, 1.54) is 18.0 Å². The van der Waals surface area contributed by atoms with Gasteiger partial charge in [-0.3, -0.25) is 13.6 Å². The normalized spacial score (nSPS) is 16.9. The Morgan fingerprint density at radius 1 is 1.50 bits per heavy atom. The molecule has 0 fully saturated rings. The fourth-order valence-electron chi connectivity index (χ4n) is 1.53. The van der Waals surface area contributed by atoms with Crippen LogP contribution in [0.5, 0.6) is 0 Å². The van der Waals surface area contributed by atoms with Gasteiger partial charge in [-0.15, -0.1) is 11.8 Å². The van der Waals surface area contributed by atoms with Crippen molar-refractivity contribution in [1.29, 1.82) is 0 Å². The highest BCUT2D eigenvalue weighted by atomic mass is 32.2. The Kier molecular flexibility index (Phi) is 3.29. The van der Waals surface area contributed by atoms with Gasteiger partial charge in [0.15, 0.2) is 0 Å². The molecule has 0 unspecified atom stereocenters. The van der Waals surface area contributed by atoms with E-state index in [1.807, 2.05) is 12.3 Å². The van der Waals surface area contributed by atoms with E-state index in [2.05, 4.69) is 4.99 Å². The summed E-state index contributed by atoms with van der Waals surface area (Å²) in [5.41, 5.74) is 1.23. The number of aromatic nitrogens is 1. The zero-order chi connectivity index (χ0) is 11.5. The van der Waals surface area contributed by atoms with E-state index in [4.69, 9.17) is 0 Å². The lowest BCUT2D eigenvalue weighted by Crippen LogP contribution is -2.14. The summed E-state index contributed by atoms with van der Waals surface area (Å²) >= 11 is 1.42. The summed E-state index contributed by atoms with van der Waals surface area (Å²) in [5.74, 6) is 0. The van der Waals surface area contributed by atoms with Crippen molar-refractivity contribution in [2.75, 3.05) is 6.26 Å². The minimum atomic E-state index is -2.53. The average Bonchev–Trinajstić information content (AvgIpc) is 2.88. The van der Waals surface area contributed by atoms with Crippen LogP contribution in [0.2, 0.25) is 0 Å². The van der Waals surface area contributed by atoms with E-state index in [0.717, 1.165) is 15.1 Å². The molecule has 1 aromatic rings. The maximum atomic E-state index is 12.7. The van der Waals surface area contributed by atoms with E-state index in [-0.39, 0.29) is 0 Å². The van der Waals surface area contributed by atoms with Gasteiger partial charge in [-0.05, 0) is 36.7 Å². The van der Waals surface area contributed by atoms with Gasteiger partial charge in [0, 0.05) is 11.9 Å². The number of thioether (sulfide) groups is 1. The molecule has 0 saturated heterocycles. The summed E-state index contributed by atoms with van der Waals surface area (Å²) in [7, 11) is -2.53. The number of hydrogen-bond acceptors (Lipinski definition) is 2. The Labute approximate surface area is 96.9 Å². The van der Waals surface area contributed by atoms with E-state index in [9.17, 15) is 8.63 Å². The van der Waals surface area contributed by atoms with Gasteiger partial charge in [-0.25, -0.2) is 0 Å². The van der Waals surface area contributed by atoms with Crippen molar-refractivity contribution in [3.8, 4) is 0 Å². The van der Waals surface area contributed by atoms with Crippen molar-refractivity contribution in [2.45, 2.75) is 0 Å². The fourth-order valence-corrected chi connectivity index (χ4v) is 2.24. The second-order valence-electron chi connectivity index (χ2n) is 3.13. The number of allylic oxidation sites excluding steroid dienone is 2. The highest BCUT2D eigenvalue weighted by Gasteiger charge is 2.22. The molecule has 2 nitrogen and oxygen atoms in total. The maximum absolute atomic E-state index is 12.7. The summed E-state index contributed by atoms with van der Waals surface area (Å²) in [4.78, 5) is 4.89. The number of nitrogens with zero attached hydrogens (tertiary/aromatic N) is 2. The standard InChI is InChI=1S/C10H9BF2N2S/c1-16-10(8-4-2-6-14-8)9-5-3-7-15(9)11(12)13/h2-7H,1H3/b10-8+. The highest BCUT2D eigenvalue weighted by Crippen LogP contribution is 2.31. The van der Waals surface area contributed by atoms with Gasteiger partial charge in [0.1, 0.15) is 0 Å². The average molecular weight is 238 g/mol. The van der Waals surface area contributed by atoms with E-state index in [0.29, 0.717) is 5.69 Å². The first-order chi connectivity index (χ1) is 7.74. The van der Waals surface area contributed by atoms with Crippen LogP contribution in [-0.4, -0.2) is 24.4 Å². The third-order valence-corrected chi connectivity index (χ3v) is 3.04. The first-order valence-corrected chi connectivity index (χ1v) is 5.91. The quantitative estimate of drug-likeness (QED) is 0.740. The Balaban J connectivity index is 2.49. The third kappa shape index (κ3) is 1.97. The fraction of sp³-hybridized carbons (Fsp3) is 0.100. The van der Waals surface area contributed by atoms with Gasteiger partial charge >= 0.3 is 7.40 Å². The van der Waals surface area contributed by atoms with Gasteiger partial charge < -0.3 is 4.48 Å². The van der Waals surface area contributed by atoms with Crippen LogP contribution in [0.15, 0.2) is 41.2 Å². The van der Waals surface area contributed by atoms with Gasteiger partial charge in [0.25, 0.3) is 0 Å². The van der Waals surface area contributed by atoms with E-state index in [1.54, 1.807) is 24.4 Å². The molecule has 0 atom stereocenters. The molecule has 0 saturated carbocycles. The summed E-state index contributed by atoms with van der Waals surface area (Å²) in [6, 6.07) is 3.29. The molecule has 0 amide bonds. The van der Waals surface area contributed by atoms with Crippen molar-refractivity contribution < 1.29 is 8.63 Å². The van der Waals surface area contributed by atoms with Crippen molar-refractivity contribution in [3.05, 3.63) is 41.9 Å². The minimum absolute atomic E-state index is 0.501. The van der Waals surface area contributed by atoms with Gasteiger partial charge in [-0.1, -0.05) is 0 Å². The largest absolute Gasteiger partial charge is 0.677 e. The summed E-state index contributed by atoms with van der Waals surface area (Å²) < 4.78 is 26.4. The Hall–Kier alpha value is -1.30. The molecule has 16 heavy (non-hydrogen) atoms. The lowest BCUT2D eigenvalue weighted by Gasteiger charge is -2.09. The molecular weight excluding hydrogens is 229 g/mol. The number of hydrogen-bond donors (Lipinski definition) is 0. The van der Waals surface area contributed by atoms with E-state index >= 15 is 0 Å². The molecule has 0 spiro atoms. The molecule has 0 radical (unpaired) electrons. The van der Waals surface area contributed by atoms with Crippen molar-refractivity contribution in [3.63, 3.8) is 0 Å². The van der Waals surface area contributed by atoms with Crippen LogP contribution >= 0.6 is 11.8 Å². The lowest BCUT2D eigenvalue weighted by atomic mass is 10.2. The summed E-state index contributed by atoms with van der Waals surface area (Å²) in [6.07, 6.45) is 8.49. The van der Waals surface area contributed by atoms with Crippen molar-refractivity contribution in [2.24, 2.45) is 4.99 Å². The SMILES string of the molecule is CS/C(=C1\C=CC=N1)c1cccn1B(F)F. The highest BCUT2D eigenvalue weighted by molar-refractivity contribution is 8.07. The van der Waals surface area contributed by atoms with Crippen LogP contribution in [-0.2, 0) is 0 Å². The minimum Gasteiger partial charge on any atom is -0.331 e. The lowest BCUT2D eigenvalue weighted by molar-refractivity contribution is 0.628. The summed E-state index contributed by atoms with van der Waals surface area (Å²) in [6.45, 7) is 0. The number of rotatable bonds is 3. The zero-order valence-electron chi connectivity index (χ0n) is 8.60. The Morgan fingerprint density at radius 2 is 2.31 bits per heavy atom. The molecule has 0 bridgehead atoms. The molecular formula is C10H9BF2N2S. The molecule has 1 aliphatic rings. The molecule has 0 aliphatic carbocycles. The second kappa shape index (κ2) is 4.70. The predicted molar refractivity (Wildman–Crippen MR) is 65.9 cm³/mol. The molecule has 82 valence electrons. The molecule has 0 N–H and O–H groups in total. The maximum Gasteiger partial charge on any atom is 0.677 e. The first-order valence-electron chi connectivity index (χ1n) is 4.68. The first kappa shape index (κ1) is 11.2. The van der Waals surface area contributed by atoms with Crippen LogP contribution in [0.25, 0.3) is 4.91 Å². The molecule has 1 aliphatic heterocycles. The number of halogens is 2. The molecule has 2 rings (SSSR count). The molecule has 2 heterocycles. The Bertz CT molecular complexity index is 463. The topological polar surface area (TPSA) is 17.3 Å². The predicted octanol–water partition coefficient (Wildman–Crippen LogP) is 2.93. The smallest absolute Gasteiger partial charge is 0.331 e. The number of aliphatic imine (C=N–C) groups is 1. The van der Waals surface area contributed by atoms with Crippen molar-refractivity contribution in [1.82, 2.24) is 4.48 Å². The van der Waals surface area contributed by atoms with Crippen LogP contribution in [0.4, 0.5) is 8.63 Å². The van der Waals surface area contributed by atoms with Crippen LogP contribution < -0.4 is 0 Å². The van der Waals surface area contributed by atoms with Gasteiger partial charge in [-0.2, -0.15) is 0 Å². The van der Waals surface area contributed by atoms with Crippen LogP contribution in [0, 0.1) is 0 Å². The van der Waals surface area contributed by atoms with Crippen LogP contribution in [0.1, 0.15) is 5.69 Å². The zero-order valence-corrected chi connectivity index (χ0v) is 9.42. The second-order valence-corrected chi connectivity index (χ2v) is 3.95. The van der Waals surface area contributed by atoms with Gasteiger partial charge in [0.2, 0.25) is 0 Å². The molecule has 1 aromatic heterocycles. The monoisotopic (exact) mass is 238 g/mol. The van der Waals surface area contributed by atoms with Gasteiger partial charge in [0.05, 0.1) is 10.6 Å². The van der Waals surface area contributed by atoms with E-state index < -0.39 is 7.40 Å². The molecule has 6 heteroatoms. The summed E-state index contributed by atoms with van der Waals surface area (Å²) in [5, 5.41) is 0. The Morgan fingerprint density at radius 3 is 2.88 bits per heavy atom.